The van der Waals surface area contributed by atoms with Gasteiger partial charge in [-0.25, -0.2) is 0 Å². The highest BCUT2D eigenvalue weighted by molar-refractivity contribution is 5.82. The Hall–Kier alpha value is -2.09. The van der Waals surface area contributed by atoms with E-state index >= 15 is 0 Å². The Balaban J connectivity index is 2.18. The lowest BCUT2D eigenvalue weighted by atomic mass is 9.82. The first kappa shape index (κ1) is 14.3. The topological polar surface area (TPSA) is 32.6 Å². The zero-order chi connectivity index (χ0) is 14.6. The zero-order valence-electron chi connectivity index (χ0n) is 12.3. The molecule has 0 spiro atoms. The Morgan fingerprint density at radius 3 is 2.30 bits per heavy atom. The van der Waals surface area contributed by atoms with E-state index in [-0.39, 0.29) is 11.2 Å². The fourth-order valence-electron chi connectivity index (χ4n) is 1.94. The monoisotopic (exact) mass is 267 g/mol. The van der Waals surface area contributed by atoms with E-state index in [1.807, 2.05) is 6.07 Å². The van der Waals surface area contributed by atoms with Crippen molar-refractivity contribution in [1.82, 2.24) is 0 Å². The Morgan fingerprint density at radius 1 is 1.05 bits per heavy atom. The van der Waals surface area contributed by atoms with Gasteiger partial charge in [0.15, 0.2) is 0 Å². The summed E-state index contributed by atoms with van der Waals surface area (Å²) in [6, 6.07) is 15.5. The zero-order valence-corrected chi connectivity index (χ0v) is 12.3. The molecule has 1 N–H and O–H groups in total. The summed E-state index contributed by atoms with van der Waals surface area (Å²) in [6.07, 6.45) is 2.89. The van der Waals surface area contributed by atoms with E-state index in [1.54, 1.807) is 24.4 Å². The molecule has 0 radical (unpaired) electrons. The second kappa shape index (κ2) is 5.91. The maximum Gasteiger partial charge on any atom is 0.141 e. The molecule has 2 heteroatoms. The lowest BCUT2D eigenvalue weighted by Gasteiger charge is -2.23. The van der Waals surface area contributed by atoms with Gasteiger partial charge in [0.1, 0.15) is 11.4 Å². The molecule has 2 aromatic rings. The van der Waals surface area contributed by atoms with Crippen molar-refractivity contribution in [2.45, 2.75) is 32.6 Å². The van der Waals surface area contributed by atoms with Gasteiger partial charge in [0.05, 0.1) is 0 Å². The number of aromatic hydroxyl groups is 1. The number of nitrogens with zero attached hydrogens (tertiary/aromatic N) is 1. The summed E-state index contributed by atoms with van der Waals surface area (Å²) in [7, 11) is 0. The summed E-state index contributed by atoms with van der Waals surface area (Å²) in [5.74, 6) is 0.201. The number of rotatable bonds is 4. The molecule has 0 unspecified atom stereocenters. The van der Waals surface area contributed by atoms with Crippen LogP contribution in [0.5, 0.6) is 5.75 Å². The van der Waals surface area contributed by atoms with E-state index in [0.717, 1.165) is 12.0 Å². The molecule has 0 atom stereocenters. The van der Waals surface area contributed by atoms with Crippen molar-refractivity contribution < 1.29 is 5.11 Å². The first-order valence-electron chi connectivity index (χ1n) is 6.95. The van der Waals surface area contributed by atoms with Gasteiger partial charge in [0.25, 0.3) is 0 Å². The quantitative estimate of drug-likeness (QED) is 0.791. The van der Waals surface area contributed by atoms with Crippen LogP contribution in [0, 0.1) is 0 Å². The smallest absolute Gasteiger partial charge is 0.141 e. The molecule has 0 fully saturated rings. The molecule has 20 heavy (non-hydrogen) atoms. The highest BCUT2D eigenvalue weighted by Gasteiger charge is 2.17. The summed E-state index contributed by atoms with van der Waals surface area (Å²) < 4.78 is 0. The van der Waals surface area contributed by atoms with Gasteiger partial charge in [-0.2, -0.15) is 0 Å². The highest BCUT2D eigenvalue weighted by Crippen LogP contribution is 2.27. The standard InChI is InChI=1S/C18H21NO/c1-4-18(2,3)15-11-9-14(10-12-15)13-19-16-7-5-6-8-17(16)20/h5-13,20H,4H2,1-3H3. The molecule has 2 aromatic carbocycles. The van der Waals surface area contributed by atoms with Crippen molar-refractivity contribution in [3.63, 3.8) is 0 Å². The molecule has 0 saturated carbocycles. The minimum Gasteiger partial charge on any atom is -0.506 e. The average molecular weight is 267 g/mol. The third-order valence-corrected chi connectivity index (χ3v) is 3.81. The molecule has 2 nitrogen and oxygen atoms in total. The molecule has 104 valence electrons. The predicted molar refractivity (Wildman–Crippen MR) is 85.1 cm³/mol. The summed E-state index contributed by atoms with van der Waals surface area (Å²) in [5.41, 5.74) is 3.15. The van der Waals surface area contributed by atoms with Crippen LogP contribution < -0.4 is 0 Å². The van der Waals surface area contributed by atoms with Crippen LogP contribution >= 0.6 is 0 Å². The van der Waals surface area contributed by atoms with Crippen LogP contribution in [-0.2, 0) is 5.41 Å². The van der Waals surface area contributed by atoms with E-state index < -0.39 is 0 Å². The van der Waals surface area contributed by atoms with Gasteiger partial charge in [-0.15, -0.1) is 0 Å². The number of para-hydroxylation sites is 2. The van der Waals surface area contributed by atoms with Crippen LogP contribution in [0.4, 0.5) is 5.69 Å². The summed E-state index contributed by atoms with van der Waals surface area (Å²) in [4.78, 5) is 4.31. The Morgan fingerprint density at radius 2 is 1.70 bits per heavy atom. The molecular formula is C18H21NO. The van der Waals surface area contributed by atoms with Crippen molar-refractivity contribution in [3.8, 4) is 5.75 Å². The fourth-order valence-corrected chi connectivity index (χ4v) is 1.94. The Labute approximate surface area is 120 Å². The van der Waals surface area contributed by atoms with Gasteiger partial charge in [0.2, 0.25) is 0 Å². The third-order valence-electron chi connectivity index (χ3n) is 3.81. The number of phenolic OH excluding ortho intramolecular Hbond substituents is 1. The van der Waals surface area contributed by atoms with Crippen LogP contribution in [-0.4, -0.2) is 11.3 Å². The van der Waals surface area contributed by atoms with Crippen molar-refractivity contribution >= 4 is 11.9 Å². The summed E-state index contributed by atoms with van der Waals surface area (Å²) in [6.45, 7) is 6.70. The lowest BCUT2D eigenvalue weighted by Crippen LogP contribution is -2.15. The van der Waals surface area contributed by atoms with Gasteiger partial charge in [-0.3, -0.25) is 4.99 Å². The third kappa shape index (κ3) is 3.27. The minimum absolute atomic E-state index is 0.201. The second-order valence-corrected chi connectivity index (χ2v) is 5.61. The molecule has 0 saturated heterocycles. The first-order chi connectivity index (χ1) is 9.53. The number of phenols is 1. The van der Waals surface area contributed by atoms with E-state index in [0.29, 0.717) is 5.69 Å². The molecule has 0 aliphatic carbocycles. The number of hydrogen-bond acceptors (Lipinski definition) is 2. The van der Waals surface area contributed by atoms with E-state index in [9.17, 15) is 5.11 Å². The van der Waals surface area contributed by atoms with E-state index in [1.165, 1.54) is 5.56 Å². The Bertz CT molecular complexity index is 597. The second-order valence-electron chi connectivity index (χ2n) is 5.61. The summed E-state index contributed by atoms with van der Waals surface area (Å²) >= 11 is 0. The van der Waals surface area contributed by atoms with Crippen LogP contribution in [0.15, 0.2) is 53.5 Å². The maximum absolute atomic E-state index is 9.66. The molecule has 0 amide bonds. The van der Waals surface area contributed by atoms with Crippen LogP contribution in [0.25, 0.3) is 0 Å². The van der Waals surface area contributed by atoms with Crippen molar-refractivity contribution in [3.05, 3.63) is 59.7 Å². The normalized spacial score (nSPS) is 11.9. The fraction of sp³-hybridized carbons (Fsp3) is 0.278. The summed E-state index contributed by atoms with van der Waals surface area (Å²) in [5, 5.41) is 9.66. The van der Waals surface area contributed by atoms with Crippen LogP contribution in [0.2, 0.25) is 0 Å². The van der Waals surface area contributed by atoms with Crippen LogP contribution in [0.1, 0.15) is 38.3 Å². The van der Waals surface area contributed by atoms with Gasteiger partial charge in [0, 0.05) is 6.21 Å². The van der Waals surface area contributed by atoms with Crippen molar-refractivity contribution in [2.24, 2.45) is 4.99 Å². The Kier molecular flexibility index (Phi) is 4.23. The maximum atomic E-state index is 9.66. The molecular weight excluding hydrogens is 246 g/mol. The molecule has 0 bridgehead atoms. The molecule has 0 aromatic heterocycles. The molecule has 0 heterocycles. The minimum atomic E-state index is 0.201. The molecule has 0 aliphatic heterocycles. The van der Waals surface area contributed by atoms with Gasteiger partial charge >= 0.3 is 0 Å². The number of aliphatic imine (C=N–C) groups is 1. The van der Waals surface area contributed by atoms with Gasteiger partial charge < -0.3 is 5.11 Å². The SMILES string of the molecule is CCC(C)(C)c1ccc(C=Nc2ccccc2O)cc1. The van der Waals surface area contributed by atoms with E-state index in [2.05, 4.69) is 50.0 Å². The average Bonchev–Trinajstić information content (AvgIpc) is 2.47. The lowest BCUT2D eigenvalue weighted by molar-refractivity contribution is 0.477. The van der Waals surface area contributed by atoms with Gasteiger partial charge in [-0.1, -0.05) is 57.2 Å². The largest absolute Gasteiger partial charge is 0.506 e. The van der Waals surface area contributed by atoms with Crippen molar-refractivity contribution in [2.75, 3.05) is 0 Å². The predicted octanol–water partition coefficient (Wildman–Crippen LogP) is 4.83. The highest BCUT2D eigenvalue weighted by atomic mass is 16.3. The molecule has 2 rings (SSSR count). The molecule has 0 aliphatic rings. The van der Waals surface area contributed by atoms with Crippen LogP contribution in [0.3, 0.4) is 0 Å². The van der Waals surface area contributed by atoms with E-state index in [4.69, 9.17) is 0 Å². The number of benzene rings is 2. The van der Waals surface area contributed by atoms with Crippen molar-refractivity contribution in [1.29, 1.82) is 0 Å². The van der Waals surface area contributed by atoms with Gasteiger partial charge in [-0.05, 0) is 35.1 Å². The number of hydrogen-bond donors (Lipinski definition) is 1. The first-order valence-corrected chi connectivity index (χ1v) is 6.95.